The van der Waals surface area contributed by atoms with Gasteiger partial charge < -0.3 is 9.84 Å². The Hall–Kier alpha value is -2.17. The van der Waals surface area contributed by atoms with E-state index in [-0.39, 0.29) is 11.7 Å². The Morgan fingerprint density at radius 1 is 1.30 bits per heavy atom. The number of rotatable bonds is 6. The zero-order valence-corrected chi connectivity index (χ0v) is 11.4. The van der Waals surface area contributed by atoms with Crippen molar-refractivity contribution in [3.8, 4) is 0 Å². The molecule has 0 radical (unpaired) electrons. The maximum atomic E-state index is 12.7. The first-order chi connectivity index (χ1) is 9.63. The molecule has 1 N–H and O–H groups in total. The normalized spacial score (nSPS) is 10.5. The lowest BCUT2D eigenvalue weighted by Gasteiger charge is -2.04. The van der Waals surface area contributed by atoms with Gasteiger partial charge in [-0.2, -0.15) is 0 Å². The van der Waals surface area contributed by atoms with E-state index in [0.717, 1.165) is 17.0 Å². The van der Waals surface area contributed by atoms with Gasteiger partial charge in [0.05, 0.1) is 5.69 Å². The maximum Gasteiger partial charge on any atom is 0.220 e. The van der Waals surface area contributed by atoms with E-state index in [1.807, 2.05) is 13.0 Å². The number of halogens is 1. The summed E-state index contributed by atoms with van der Waals surface area (Å²) in [6, 6.07) is 8.05. The van der Waals surface area contributed by atoms with Crippen LogP contribution in [0.1, 0.15) is 23.4 Å². The molecule has 0 saturated carbocycles. The number of aromatic nitrogens is 1. The van der Waals surface area contributed by atoms with Crippen LogP contribution in [-0.4, -0.2) is 17.6 Å². The Morgan fingerprint density at radius 3 is 2.70 bits per heavy atom. The number of carbonyl (C=O) groups is 1. The van der Waals surface area contributed by atoms with Gasteiger partial charge in [-0.05, 0) is 31.0 Å². The van der Waals surface area contributed by atoms with Crippen LogP contribution in [0.15, 0.2) is 34.9 Å². The molecule has 0 unspecified atom stereocenters. The molecule has 2 rings (SSSR count). The van der Waals surface area contributed by atoms with Gasteiger partial charge in [0.2, 0.25) is 5.91 Å². The Labute approximate surface area is 117 Å². The van der Waals surface area contributed by atoms with Crippen molar-refractivity contribution in [2.24, 2.45) is 0 Å². The highest BCUT2D eigenvalue weighted by Gasteiger charge is 2.04. The number of hydrogen-bond donors (Lipinski definition) is 1. The van der Waals surface area contributed by atoms with Crippen molar-refractivity contribution < 1.29 is 13.7 Å². The molecule has 0 aliphatic carbocycles. The molecule has 1 amide bonds. The van der Waals surface area contributed by atoms with Gasteiger partial charge in [-0.15, -0.1) is 0 Å². The minimum absolute atomic E-state index is 0.0189. The maximum absolute atomic E-state index is 12.7. The second-order valence-electron chi connectivity index (χ2n) is 4.66. The summed E-state index contributed by atoms with van der Waals surface area (Å²) >= 11 is 0. The van der Waals surface area contributed by atoms with Gasteiger partial charge in [0.1, 0.15) is 11.6 Å². The lowest BCUT2D eigenvalue weighted by molar-refractivity contribution is -0.121. The SMILES string of the molecule is Cc1cc(CCNC(=O)CCc2ccc(F)cc2)no1. The summed E-state index contributed by atoms with van der Waals surface area (Å²) in [5.74, 6) is 0.485. The summed E-state index contributed by atoms with van der Waals surface area (Å²) in [6.45, 7) is 2.37. The number of amides is 1. The molecule has 2 aromatic rings. The molecular weight excluding hydrogens is 259 g/mol. The number of benzene rings is 1. The quantitative estimate of drug-likeness (QED) is 0.881. The molecule has 1 heterocycles. The minimum atomic E-state index is -0.263. The van der Waals surface area contributed by atoms with Crippen LogP contribution >= 0.6 is 0 Å². The van der Waals surface area contributed by atoms with E-state index in [1.165, 1.54) is 12.1 Å². The van der Waals surface area contributed by atoms with Gasteiger partial charge in [-0.3, -0.25) is 4.79 Å². The van der Waals surface area contributed by atoms with Crippen molar-refractivity contribution in [1.82, 2.24) is 10.5 Å². The summed E-state index contributed by atoms with van der Waals surface area (Å²) in [5.41, 5.74) is 1.79. The summed E-state index contributed by atoms with van der Waals surface area (Å²) < 4.78 is 17.7. The third-order valence-corrected chi connectivity index (χ3v) is 2.93. The van der Waals surface area contributed by atoms with Crippen LogP contribution in [0.3, 0.4) is 0 Å². The van der Waals surface area contributed by atoms with Crippen molar-refractivity contribution in [2.75, 3.05) is 6.54 Å². The first kappa shape index (κ1) is 14.2. The number of aryl methyl sites for hydroxylation is 2. The van der Waals surface area contributed by atoms with Crippen LogP contribution in [0.5, 0.6) is 0 Å². The van der Waals surface area contributed by atoms with E-state index < -0.39 is 0 Å². The van der Waals surface area contributed by atoms with Crippen LogP contribution in [0.25, 0.3) is 0 Å². The molecule has 0 aliphatic heterocycles. The number of hydrogen-bond acceptors (Lipinski definition) is 3. The van der Waals surface area contributed by atoms with Crippen molar-refractivity contribution in [3.05, 3.63) is 53.2 Å². The molecule has 20 heavy (non-hydrogen) atoms. The molecule has 0 bridgehead atoms. The lowest BCUT2D eigenvalue weighted by atomic mass is 10.1. The summed E-state index contributed by atoms with van der Waals surface area (Å²) in [4.78, 5) is 11.6. The second kappa shape index (κ2) is 6.84. The first-order valence-corrected chi connectivity index (χ1v) is 6.57. The zero-order valence-electron chi connectivity index (χ0n) is 11.4. The molecule has 106 valence electrons. The highest BCUT2D eigenvalue weighted by Crippen LogP contribution is 2.05. The average Bonchev–Trinajstić information content (AvgIpc) is 2.84. The summed E-state index contributed by atoms with van der Waals surface area (Å²) in [7, 11) is 0. The zero-order chi connectivity index (χ0) is 14.4. The molecule has 5 heteroatoms. The Morgan fingerprint density at radius 2 is 2.05 bits per heavy atom. The second-order valence-corrected chi connectivity index (χ2v) is 4.66. The molecule has 0 spiro atoms. The minimum Gasteiger partial charge on any atom is -0.361 e. The Kier molecular flexibility index (Phi) is 4.87. The predicted molar refractivity (Wildman–Crippen MR) is 72.7 cm³/mol. The van der Waals surface area contributed by atoms with Gasteiger partial charge in [-0.25, -0.2) is 4.39 Å². The Balaban J connectivity index is 1.66. The molecule has 0 aliphatic rings. The average molecular weight is 276 g/mol. The fourth-order valence-electron chi connectivity index (χ4n) is 1.86. The molecular formula is C15H17FN2O2. The molecule has 1 aromatic carbocycles. The predicted octanol–water partition coefficient (Wildman–Crippen LogP) is 2.41. The number of nitrogens with one attached hydrogen (secondary N) is 1. The standard InChI is InChI=1S/C15H17FN2O2/c1-11-10-14(18-20-11)8-9-17-15(19)7-4-12-2-5-13(16)6-3-12/h2-3,5-6,10H,4,7-9H2,1H3,(H,17,19). The van der Waals surface area contributed by atoms with Gasteiger partial charge in [0.15, 0.2) is 0 Å². The summed E-state index contributed by atoms with van der Waals surface area (Å²) in [6.07, 6.45) is 1.65. The number of carbonyl (C=O) groups excluding carboxylic acids is 1. The summed E-state index contributed by atoms with van der Waals surface area (Å²) in [5, 5.41) is 6.68. The van der Waals surface area contributed by atoms with Gasteiger partial charge in [0, 0.05) is 25.5 Å². The van der Waals surface area contributed by atoms with Gasteiger partial charge >= 0.3 is 0 Å². The first-order valence-electron chi connectivity index (χ1n) is 6.57. The van der Waals surface area contributed by atoms with Gasteiger partial charge in [-0.1, -0.05) is 17.3 Å². The van der Waals surface area contributed by atoms with Crippen molar-refractivity contribution >= 4 is 5.91 Å². The van der Waals surface area contributed by atoms with Crippen LogP contribution in [-0.2, 0) is 17.6 Å². The third-order valence-electron chi connectivity index (χ3n) is 2.93. The van der Waals surface area contributed by atoms with Crippen LogP contribution in [0.4, 0.5) is 4.39 Å². The van der Waals surface area contributed by atoms with E-state index in [4.69, 9.17) is 4.52 Å². The largest absolute Gasteiger partial charge is 0.361 e. The molecule has 1 aromatic heterocycles. The monoisotopic (exact) mass is 276 g/mol. The smallest absolute Gasteiger partial charge is 0.220 e. The van der Waals surface area contributed by atoms with Crippen molar-refractivity contribution in [2.45, 2.75) is 26.2 Å². The van der Waals surface area contributed by atoms with Crippen LogP contribution in [0.2, 0.25) is 0 Å². The van der Waals surface area contributed by atoms with E-state index in [9.17, 15) is 9.18 Å². The highest BCUT2D eigenvalue weighted by atomic mass is 19.1. The highest BCUT2D eigenvalue weighted by molar-refractivity contribution is 5.76. The topological polar surface area (TPSA) is 55.1 Å². The van der Waals surface area contributed by atoms with Gasteiger partial charge in [0.25, 0.3) is 0 Å². The van der Waals surface area contributed by atoms with E-state index >= 15 is 0 Å². The fourth-order valence-corrected chi connectivity index (χ4v) is 1.86. The fraction of sp³-hybridized carbons (Fsp3) is 0.333. The number of nitrogens with zero attached hydrogens (tertiary/aromatic N) is 1. The Bertz CT molecular complexity index is 564. The van der Waals surface area contributed by atoms with Crippen LogP contribution in [0, 0.1) is 12.7 Å². The van der Waals surface area contributed by atoms with E-state index in [1.54, 1.807) is 12.1 Å². The lowest BCUT2D eigenvalue weighted by Crippen LogP contribution is -2.25. The van der Waals surface area contributed by atoms with Crippen molar-refractivity contribution in [1.29, 1.82) is 0 Å². The molecule has 0 atom stereocenters. The van der Waals surface area contributed by atoms with Crippen LogP contribution < -0.4 is 5.32 Å². The molecule has 0 saturated heterocycles. The molecule has 0 fully saturated rings. The molecule has 4 nitrogen and oxygen atoms in total. The van der Waals surface area contributed by atoms with Crippen molar-refractivity contribution in [3.63, 3.8) is 0 Å². The third kappa shape index (κ3) is 4.50. The van der Waals surface area contributed by atoms with E-state index in [0.29, 0.717) is 25.8 Å². The van der Waals surface area contributed by atoms with E-state index in [2.05, 4.69) is 10.5 Å².